The maximum absolute atomic E-state index is 5.92. The van der Waals surface area contributed by atoms with Crippen LogP contribution in [0, 0.1) is 0 Å². The average molecular weight is 285 g/mol. The lowest BCUT2D eigenvalue weighted by atomic mass is 10.1. The maximum Gasteiger partial charge on any atom is 0.233 e. The predicted octanol–water partition coefficient (Wildman–Crippen LogP) is 3.79. The van der Waals surface area contributed by atoms with Crippen LogP contribution in [0.3, 0.4) is 0 Å². The van der Waals surface area contributed by atoms with Crippen LogP contribution < -0.4 is 5.32 Å². The third-order valence-electron chi connectivity index (χ3n) is 4.14. The molecule has 1 heterocycles. The van der Waals surface area contributed by atoms with Crippen molar-refractivity contribution in [2.75, 3.05) is 6.54 Å². The molecule has 1 N–H and O–H groups in total. The number of nitrogens with one attached hydrogen (secondary N) is 1. The molecule has 0 radical (unpaired) electrons. The molecular weight excluding hydrogens is 262 g/mol. The van der Waals surface area contributed by atoms with Gasteiger partial charge in [0.05, 0.1) is 6.04 Å². The van der Waals surface area contributed by atoms with Crippen molar-refractivity contribution in [2.45, 2.75) is 51.0 Å². The molecule has 3 unspecified atom stereocenters. The lowest BCUT2D eigenvalue weighted by Crippen LogP contribution is -2.21. The summed E-state index contributed by atoms with van der Waals surface area (Å²) in [4.78, 5) is 0. The summed E-state index contributed by atoms with van der Waals surface area (Å²) >= 11 is 0. The van der Waals surface area contributed by atoms with E-state index >= 15 is 0 Å². The van der Waals surface area contributed by atoms with Crippen molar-refractivity contribution < 1.29 is 4.42 Å². The van der Waals surface area contributed by atoms with E-state index in [1.807, 2.05) is 0 Å². The van der Waals surface area contributed by atoms with Crippen LogP contribution in [0.25, 0.3) is 0 Å². The number of aromatic nitrogens is 2. The second-order valence-corrected chi connectivity index (χ2v) is 5.75. The van der Waals surface area contributed by atoms with Gasteiger partial charge in [0, 0.05) is 5.92 Å². The van der Waals surface area contributed by atoms with Crippen molar-refractivity contribution in [3.63, 3.8) is 0 Å². The van der Waals surface area contributed by atoms with Crippen LogP contribution in [0.15, 0.2) is 34.7 Å². The molecule has 3 atom stereocenters. The minimum Gasteiger partial charge on any atom is -0.423 e. The zero-order valence-corrected chi connectivity index (χ0v) is 12.7. The Morgan fingerprint density at radius 1 is 1.19 bits per heavy atom. The highest BCUT2D eigenvalue weighted by Crippen LogP contribution is 2.54. The molecule has 2 aromatic rings. The first kappa shape index (κ1) is 14.3. The Labute approximate surface area is 126 Å². The van der Waals surface area contributed by atoms with Gasteiger partial charge in [-0.2, -0.15) is 0 Å². The van der Waals surface area contributed by atoms with E-state index in [-0.39, 0.29) is 6.04 Å². The van der Waals surface area contributed by atoms with Gasteiger partial charge in [0.1, 0.15) is 0 Å². The van der Waals surface area contributed by atoms with E-state index in [4.69, 9.17) is 4.42 Å². The standard InChI is InChI=1S/C17H23N3O/c1-3-10-18-15(4-2)17-20-19-16(21-17)14-11-13(14)12-8-6-5-7-9-12/h5-9,13-15,18H,3-4,10-11H2,1-2H3. The Balaban J connectivity index is 1.66. The van der Waals surface area contributed by atoms with Gasteiger partial charge in [0.2, 0.25) is 11.8 Å². The summed E-state index contributed by atoms with van der Waals surface area (Å²) in [6, 6.07) is 10.8. The van der Waals surface area contributed by atoms with Gasteiger partial charge in [-0.25, -0.2) is 0 Å². The Morgan fingerprint density at radius 2 is 2.00 bits per heavy atom. The first-order chi connectivity index (χ1) is 10.3. The number of rotatable bonds is 7. The zero-order chi connectivity index (χ0) is 14.7. The minimum absolute atomic E-state index is 0.181. The summed E-state index contributed by atoms with van der Waals surface area (Å²) in [5.41, 5.74) is 1.37. The molecule has 0 spiro atoms. The predicted molar refractivity (Wildman–Crippen MR) is 82.2 cm³/mol. The van der Waals surface area contributed by atoms with E-state index in [1.165, 1.54) is 5.56 Å². The zero-order valence-electron chi connectivity index (χ0n) is 12.7. The number of hydrogen-bond acceptors (Lipinski definition) is 4. The Morgan fingerprint density at radius 3 is 2.71 bits per heavy atom. The first-order valence-corrected chi connectivity index (χ1v) is 7.95. The summed E-state index contributed by atoms with van der Waals surface area (Å²) in [5.74, 6) is 2.48. The van der Waals surface area contributed by atoms with Crippen LogP contribution in [0.2, 0.25) is 0 Å². The fraction of sp³-hybridized carbons (Fsp3) is 0.529. The molecule has 1 fully saturated rings. The highest BCUT2D eigenvalue weighted by Gasteiger charge is 2.43. The number of nitrogens with zero attached hydrogens (tertiary/aromatic N) is 2. The lowest BCUT2D eigenvalue weighted by molar-refractivity contribution is 0.372. The van der Waals surface area contributed by atoms with E-state index in [0.717, 1.165) is 37.6 Å². The van der Waals surface area contributed by atoms with Crippen LogP contribution in [0.4, 0.5) is 0 Å². The molecule has 0 bridgehead atoms. The number of benzene rings is 1. The molecule has 4 nitrogen and oxygen atoms in total. The molecular formula is C17H23N3O. The van der Waals surface area contributed by atoms with Crippen LogP contribution >= 0.6 is 0 Å². The topological polar surface area (TPSA) is 51.0 Å². The van der Waals surface area contributed by atoms with Crippen LogP contribution in [0.1, 0.15) is 68.3 Å². The third kappa shape index (κ3) is 3.16. The Hall–Kier alpha value is -1.68. The lowest BCUT2D eigenvalue weighted by Gasteiger charge is -2.11. The first-order valence-electron chi connectivity index (χ1n) is 7.95. The van der Waals surface area contributed by atoms with Gasteiger partial charge in [0.25, 0.3) is 0 Å². The van der Waals surface area contributed by atoms with E-state index in [9.17, 15) is 0 Å². The van der Waals surface area contributed by atoms with Crippen molar-refractivity contribution >= 4 is 0 Å². The van der Waals surface area contributed by atoms with Gasteiger partial charge in [-0.3, -0.25) is 0 Å². The van der Waals surface area contributed by atoms with Gasteiger partial charge >= 0.3 is 0 Å². The Kier molecular flexibility index (Phi) is 4.34. The molecule has 3 rings (SSSR count). The van der Waals surface area contributed by atoms with Crippen molar-refractivity contribution in [2.24, 2.45) is 0 Å². The normalized spacial score (nSPS) is 22.2. The monoisotopic (exact) mass is 285 g/mol. The van der Waals surface area contributed by atoms with E-state index < -0.39 is 0 Å². The SMILES string of the molecule is CCCNC(CC)c1nnc(C2CC2c2ccccc2)o1. The number of hydrogen-bond donors (Lipinski definition) is 1. The smallest absolute Gasteiger partial charge is 0.233 e. The molecule has 21 heavy (non-hydrogen) atoms. The summed E-state index contributed by atoms with van der Waals surface area (Å²) in [6.45, 7) is 5.28. The van der Waals surface area contributed by atoms with E-state index in [2.05, 4.69) is 59.7 Å². The van der Waals surface area contributed by atoms with Crippen molar-refractivity contribution in [1.29, 1.82) is 0 Å². The minimum atomic E-state index is 0.181. The molecule has 0 amide bonds. The van der Waals surface area contributed by atoms with Gasteiger partial charge in [-0.15, -0.1) is 10.2 Å². The van der Waals surface area contributed by atoms with Crippen LogP contribution in [0.5, 0.6) is 0 Å². The molecule has 0 aliphatic heterocycles. The largest absolute Gasteiger partial charge is 0.423 e. The molecule has 4 heteroatoms. The van der Waals surface area contributed by atoms with Crippen molar-refractivity contribution in [1.82, 2.24) is 15.5 Å². The fourth-order valence-electron chi connectivity index (χ4n) is 2.80. The molecule has 1 saturated carbocycles. The summed E-state index contributed by atoms with van der Waals surface area (Å²) in [6.07, 6.45) is 3.19. The summed E-state index contributed by atoms with van der Waals surface area (Å²) < 4.78 is 5.92. The highest BCUT2D eigenvalue weighted by molar-refractivity contribution is 5.30. The second kappa shape index (κ2) is 6.39. The molecule has 112 valence electrons. The summed E-state index contributed by atoms with van der Waals surface area (Å²) in [5, 5.41) is 12.0. The highest BCUT2D eigenvalue weighted by atomic mass is 16.4. The van der Waals surface area contributed by atoms with E-state index in [1.54, 1.807) is 0 Å². The Bertz CT molecular complexity index is 566. The van der Waals surface area contributed by atoms with E-state index in [0.29, 0.717) is 11.8 Å². The molecule has 0 saturated heterocycles. The molecule has 1 aromatic carbocycles. The molecule has 1 aliphatic rings. The van der Waals surface area contributed by atoms with Gasteiger partial charge < -0.3 is 9.73 Å². The van der Waals surface area contributed by atoms with Gasteiger partial charge in [-0.05, 0) is 37.3 Å². The molecule has 1 aliphatic carbocycles. The second-order valence-electron chi connectivity index (χ2n) is 5.75. The van der Waals surface area contributed by atoms with Gasteiger partial charge in [0.15, 0.2) is 0 Å². The molecule has 1 aromatic heterocycles. The van der Waals surface area contributed by atoms with Crippen molar-refractivity contribution in [3.05, 3.63) is 47.7 Å². The van der Waals surface area contributed by atoms with Crippen molar-refractivity contribution in [3.8, 4) is 0 Å². The average Bonchev–Trinajstić information content (AvgIpc) is 3.19. The maximum atomic E-state index is 5.92. The fourth-order valence-corrected chi connectivity index (χ4v) is 2.80. The van der Waals surface area contributed by atoms with Crippen LogP contribution in [-0.2, 0) is 0 Å². The van der Waals surface area contributed by atoms with Gasteiger partial charge in [-0.1, -0.05) is 44.2 Å². The van der Waals surface area contributed by atoms with Crippen LogP contribution in [-0.4, -0.2) is 16.7 Å². The third-order valence-corrected chi connectivity index (χ3v) is 4.14. The quantitative estimate of drug-likeness (QED) is 0.841. The summed E-state index contributed by atoms with van der Waals surface area (Å²) in [7, 11) is 0.